The summed E-state index contributed by atoms with van der Waals surface area (Å²) in [7, 11) is 0. The van der Waals surface area contributed by atoms with E-state index in [4.69, 9.17) is 5.73 Å². The molecule has 2 N–H and O–H groups in total. The molecule has 0 bridgehead atoms. The van der Waals surface area contributed by atoms with Gasteiger partial charge in [0.2, 0.25) is 5.91 Å². The Labute approximate surface area is 153 Å². The van der Waals surface area contributed by atoms with Gasteiger partial charge in [-0.05, 0) is 12.0 Å². The van der Waals surface area contributed by atoms with Crippen molar-refractivity contribution in [1.82, 2.24) is 4.90 Å². The lowest BCUT2D eigenvalue weighted by atomic mass is 10.1. The number of carbonyl (C=O) groups is 2. The summed E-state index contributed by atoms with van der Waals surface area (Å²) in [5, 5.41) is 0. The molecule has 5 heteroatoms. The van der Waals surface area contributed by atoms with Gasteiger partial charge in [-0.2, -0.15) is 0 Å². The lowest BCUT2D eigenvalue weighted by Gasteiger charge is -2.22. The third kappa shape index (κ3) is 6.72. The summed E-state index contributed by atoms with van der Waals surface area (Å²) in [6, 6.07) is 19.2. The Kier molecular flexibility index (Phi) is 8.22. The van der Waals surface area contributed by atoms with Gasteiger partial charge in [0.25, 0.3) is 0 Å². The third-order valence-corrected chi connectivity index (χ3v) is 4.74. The van der Waals surface area contributed by atoms with Crippen molar-refractivity contribution in [3.8, 4) is 0 Å². The van der Waals surface area contributed by atoms with Crippen molar-refractivity contribution in [2.75, 3.05) is 31.1 Å². The first-order valence-corrected chi connectivity index (χ1v) is 9.54. The van der Waals surface area contributed by atoms with E-state index in [-0.39, 0.29) is 11.7 Å². The second-order valence-electron chi connectivity index (χ2n) is 5.69. The number of amides is 1. The summed E-state index contributed by atoms with van der Waals surface area (Å²) in [5.41, 5.74) is 7.52. The first-order valence-electron chi connectivity index (χ1n) is 8.38. The van der Waals surface area contributed by atoms with Crippen molar-refractivity contribution >= 4 is 23.5 Å². The lowest BCUT2D eigenvalue weighted by Crippen LogP contribution is -2.38. The smallest absolute Gasteiger partial charge is 0.232 e. The maximum atomic E-state index is 12.4. The maximum absolute atomic E-state index is 12.4. The summed E-state index contributed by atoms with van der Waals surface area (Å²) in [4.78, 5) is 26.3. The highest BCUT2D eigenvalue weighted by Crippen LogP contribution is 2.09. The number of nitrogens with zero attached hydrogens (tertiary/aromatic N) is 1. The molecule has 25 heavy (non-hydrogen) atoms. The van der Waals surface area contributed by atoms with Crippen LogP contribution in [-0.2, 0) is 11.2 Å². The van der Waals surface area contributed by atoms with Gasteiger partial charge in [0.15, 0.2) is 5.78 Å². The van der Waals surface area contributed by atoms with Crippen LogP contribution in [0.3, 0.4) is 0 Å². The summed E-state index contributed by atoms with van der Waals surface area (Å²) >= 11 is 1.36. The summed E-state index contributed by atoms with van der Waals surface area (Å²) in [6.45, 7) is 1.63. The molecule has 0 unspecified atom stereocenters. The standard InChI is InChI=1S/C20H24N2O2S/c21-12-14-22(13-11-17-7-3-1-4-8-17)20(24)16-25-15-19(23)18-9-5-2-6-10-18/h1-10H,11-16,21H2. The number of thioether (sulfide) groups is 1. The Morgan fingerprint density at radius 1 is 0.880 bits per heavy atom. The van der Waals surface area contributed by atoms with Crippen molar-refractivity contribution in [3.05, 3.63) is 71.8 Å². The van der Waals surface area contributed by atoms with E-state index in [1.54, 1.807) is 17.0 Å². The first-order chi connectivity index (χ1) is 12.2. The summed E-state index contributed by atoms with van der Waals surface area (Å²) < 4.78 is 0. The largest absolute Gasteiger partial charge is 0.340 e. The quantitative estimate of drug-likeness (QED) is 0.665. The van der Waals surface area contributed by atoms with Crippen molar-refractivity contribution in [2.45, 2.75) is 6.42 Å². The molecule has 0 saturated carbocycles. The molecule has 0 fully saturated rings. The van der Waals surface area contributed by atoms with Crippen molar-refractivity contribution in [3.63, 3.8) is 0 Å². The normalized spacial score (nSPS) is 10.4. The van der Waals surface area contributed by atoms with Gasteiger partial charge in [-0.25, -0.2) is 0 Å². The number of hydrogen-bond acceptors (Lipinski definition) is 4. The minimum Gasteiger partial charge on any atom is -0.340 e. The average Bonchev–Trinajstić information content (AvgIpc) is 2.66. The number of carbonyl (C=O) groups excluding carboxylic acids is 2. The SMILES string of the molecule is NCCN(CCc1ccccc1)C(=O)CSCC(=O)c1ccccc1. The Balaban J connectivity index is 1.78. The molecule has 1 amide bonds. The molecule has 2 aromatic carbocycles. The van der Waals surface area contributed by atoms with Gasteiger partial charge in [-0.15, -0.1) is 11.8 Å². The summed E-state index contributed by atoms with van der Waals surface area (Å²) in [6.07, 6.45) is 0.806. The molecule has 4 nitrogen and oxygen atoms in total. The molecule has 0 aliphatic rings. The minimum absolute atomic E-state index is 0.0345. The predicted octanol–water partition coefficient (Wildman–Crippen LogP) is 2.63. The maximum Gasteiger partial charge on any atom is 0.232 e. The molecule has 0 aliphatic carbocycles. The van der Waals surface area contributed by atoms with Gasteiger partial charge in [0.05, 0.1) is 11.5 Å². The van der Waals surface area contributed by atoms with Gasteiger partial charge in [0, 0.05) is 25.2 Å². The van der Waals surface area contributed by atoms with Crippen LogP contribution in [0.5, 0.6) is 0 Å². The van der Waals surface area contributed by atoms with E-state index in [0.717, 1.165) is 6.42 Å². The topological polar surface area (TPSA) is 63.4 Å². The number of Topliss-reactive ketones (excluding diaryl/α,β-unsaturated/α-hetero) is 1. The highest BCUT2D eigenvalue weighted by Gasteiger charge is 2.14. The van der Waals surface area contributed by atoms with Gasteiger partial charge in [-0.1, -0.05) is 60.7 Å². The summed E-state index contributed by atoms with van der Waals surface area (Å²) in [5.74, 6) is 0.693. The first kappa shape index (κ1) is 19.2. The Morgan fingerprint density at radius 3 is 2.16 bits per heavy atom. The number of hydrogen-bond donors (Lipinski definition) is 1. The molecule has 132 valence electrons. The number of ketones is 1. The van der Waals surface area contributed by atoms with E-state index >= 15 is 0 Å². The molecule has 0 atom stereocenters. The van der Waals surface area contributed by atoms with E-state index < -0.39 is 0 Å². The van der Waals surface area contributed by atoms with Crippen molar-refractivity contribution in [2.24, 2.45) is 5.73 Å². The molecule has 2 aromatic rings. The fourth-order valence-corrected chi connectivity index (χ4v) is 3.27. The minimum atomic E-state index is 0.0345. The molecule has 0 spiro atoms. The Morgan fingerprint density at radius 2 is 1.52 bits per heavy atom. The van der Waals surface area contributed by atoms with Crippen LogP contribution < -0.4 is 5.73 Å². The van der Waals surface area contributed by atoms with Crippen LogP contribution in [0.15, 0.2) is 60.7 Å². The molecule has 0 aromatic heterocycles. The molecular weight excluding hydrogens is 332 g/mol. The van der Waals surface area contributed by atoms with Crippen LogP contribution in [0.4, 0.5) is 0 Å². The molecular formula is C20H24N2O2S. The van der Waals surface area contributed by atoms with Crippen LogP contribution in [0.25, 0.3) is 0 Å². The molecule has 0 radical (unpaired) electrons. The van der Waals surface area contributed by atoms with Gasteiger partial charge >= 0.3 is 0 Å². The zero-order valence-corrected chi connectivity index (χ0v) is 15.1. The van der Waals surface area contributed by atoms with Crippen molar-refractivity contribution in [1.29, 1.82) is 0 Å². The monoisotopic (exact) mass is 356 g/mol. The van der Waals surface area contributed by atoms with Gasteiger partial charge in [0.1, 0.15) is 0 Å². The van der Waals surface area contributed by atoms with Gasteiger partial charge < -0.3 is 10.6 Å². The number of nitrogens with two attached hydrogens (primary N) is 1. The van der Waals surface area contributed by atoms with Crippen LogP contribution in [-0.4, -0.2) is 47.7 Å². The zero-order valence-electron chi connectivity index (χ0n) is 14.3. The van der Waals surface area contributed by atoms with Crippen LogP contribution in [0, 0.1) is 0 Å². The van der Waals surface area contributed by atoms with E-state index in [9.17, 15) is 9.59 Å². The molecule has 0 saturated heterocycles. The molecule has 0 aliphatic heterocycles. The number of benzene rings is 2. The van der Waals surface area contributed by atoms with E-state index in [1.807, 2.05) is 36.4 Å². The fraction of sp³-hybridized carbons (Fsp3) is 0.300. The molecule has 0 heterocycles. The Bertz CT molecular complexity index is 662. The third-order valence-electron chi connectivity index (χ3n) is 3.82. The van der Waals surface area contributed by atoms with Crippen LogP contribution in [0.2, 0.25) is 0 Å². The number of rotatable bonds is 10. The second-order valence-corrected chi connectivity index (χ2v) is 6.67. The van der Waals surface area contributed by atoms with Crippen molar-refractivity contribution < 1.29 is 9.59 Å². The molecule has 2 rings (SSSR count). The highest BCUT2D eigenvalue weighted by atomic mass is 32.2. The van der Waals surface area contributed by atoms with Crippen LogP contribution >= 0.6 is 11.8 Å². The van der Waals surface area contributed by atoms with E-state index in [2.05, 4.69) is 12.1 Å². The second kappa shape index (κ2) is 10.7. The van der Waals surface area contributed by atoms with Gasteiger partial charge in [-0.3, -0.25) is 9.59 Å². The predicted molar refractivity (Wildman–Crippen MR) is 104 cm³/mol. The highest BCUT2D eigenvalue weighted by molar-refractivity contribution is 8.00. The lowest BCUT2D eigenvalue weighted by molar-refractivity contribution is -0.128. The Hall–Kier alpha value is -2.11. The average molecular weight is 356 g/mol. The van der Waals surface area contributed by atoms with E-state index in [1.165, 1.54) is 17.3 Å². The zero-order chi connectivity index (χ0) is 17.9. The van der Waals surface area contributed by atoms with Crippen LogP contribution in [0.1, 0.15) is 15.9 Å². The van der Waals surface area contributed by atoms with E-state index in [0.29, 0.717) is 36.7 Å². The fourth-order valence-electron chi connectivity index (χ4n) is 2.46.